The molecule has 2 aliphatic heterocycles. The Bertz CT molecular complexity index is 2950. The van der Waals surface area contributed by atoms with E-state index in [1.807, 2.05) is 0 Å². The average Bonchev–Trinajstić information content (AvgIpc) is 3.26. The van der Waals surface area contributed by atoms with Crippen molar-refractivity contribution in [1.82, 2.24) is 0 Å². The molecule has 0 amide bonds. The monoisotopic (exact) mass is 713 g/mol. The van der Waals surface area contributed by atoms with Gasteiger partial charge in [0.2, 0.25) is 0 Å². The molecular weight excluding hydrogens is 677 g/mol. The first kappa shape index (κ1) is 32.3. The summed E-state index contributed by atoms with van der Waals surface area (Å²) in [6, 6.07) is 72.9. The highest BCUT2D eigenvalue weighted by molar-refractivity contribution is 6.99. The van der Waals surface area contributed by atoms with Crippen molar-refractivity contribution in [1.29, 1.82) is 0 Å². The molecule has 0 unspecified atom stereocenters. The van der Waals surface area contributed by atoms with Gasteiger partial charge in [0.05, 0.1) is 5.69 Å². The number of fused-ring (bicyclic) bond motifs is 5. The van der Waals surface area contributed by atoms with Crippen LogP contribution in [0.2, 0.25) is 0 Å². The summed E-state index contributed by atoms with van der Waals surface area (Å²) in [7, 11) is 0. The fourth-order valence-corrected chi connectivity index (χ4v) is 8.99. The minimum Gasteiger partial charge on any atom is -0.458 e. The molecule has 0 spiro atoms. The molecule has 0 fully saturated rings. The Labute approximate surface area is 328 Å². The van der Waals surface area contributed by atoms with Crippen molar-refractivity contribution in [2.24, 2.45) is 0 Å². The van der Waals surface area contributed by atoms with E-state index in [2.05, 4.69) is 212 Å². The summed E-state index contributed by atoms with van der Waals surface area (Å²) >= 11 is 0. The number of hydrogen-bond donors (Lipinski definition) is 0. The molecule has 0 radical (unpaired) electrons. The fourth-order valence-electron chi connectivity index (χ4n) is 8.99. The zero-order chi connectivity index (χ0) is 37.2. The maximum Gasteiger partial charge on any atom is 0.256 e. The van der Waals surface area contributed by atoms with Gasteiger partial charge in [0.15, 0.2) is 0 Å². The zero-order valence-electron chi connectivity index (χ0n) is 31.0. The summed E-state index contributed by atoms with van der Waals surface area (Å²) in [5.74, 6) is 1.82. The number of anilines is 3. The van der Waals surface area contributed by atoms with Crippen LogP contribution in [-0.2, 0) is 0 Å². The molecule has 0 aliphatic carbocycles. The van der Waals surface area contributed by atoms with Crippen molar-refractivity contribution in [2.75, 3.05) is 4.90 Å². The quantitative estimate of drug-likeness (QED) is 0.165. The van der Waals surface area contributed by atoms with Crippen LogP contribution < -0.4 is 26.0 Å². The van der Waals surface area contributed by atoms with E-state index in [1.165, 1.54) is 77.4 Å². The SMILES string of the molecule is Cc1cc2c3c(c1)N(c1ccc(-c4ccccc4)cc1-c1cccc4ccccc14)c1ccc(-c4ccccc4)cc1B3c1cc(-c3ccccc3)ccc1O2. The van der Waals surface area contributed by atoms with Crippen LogP contribution >= 0.6 is 0 Å². The summed E-state index contributed by atoms with van der Waals surface area (Å²) in [4.78, 5) is 2.51. The molecule has 2 aliphatic rings. The lowest BCUT2D eigenvalue weighted by molar-refractivity contribution is 0.487. The number of ether oxygens (including phenoxy) is 1. The molecular formula is C53H36BNO. The normalized spacial score (nSPS) is 12.4. The number of rotatable bonds is 5. The number of nitrogens with zero attached hydrogens (tertiary/aromatic N) is 1. The Kier molecular flexibility index (Phi) is 7.53. The summed E-state index contributed by atoms with van der Waals surface area (Å²) in [6.45, 7) is 2.15. The Balaban J connectivity index is 1.21. The standard InChI is InChI=1S/C53H36BNO/c1-35-30-50-53-52(31-35)56-51-29-26-42(38-18-9-4-10-19-38)34-47(51)54(53)46-33-41(37-16-7-3-8-17-37)25-28-49(46)55(50)48-27-24-40(36-14-5-2-6-15-36)32-45(48)44-23-13-21-39-20-11-12-22-43(39)44/h2-34H,1H3. The van der Waals surface area contributed by atoms with Gasteiger partial charge in [0, 0.05) is 16.9 Å². The van der Waals surface area contributed by atoms with Gasteiger partial charge >= 0.3 is 0 Å². The fraction of sp³-hybridized carbons (Fsp3) is 0.0189. The lowest BCUT2D eigenvalue weighted by atomic mass is 9.34. The van der Waals surface area contributed by atoms with E-state index in [0.29, 0.717) is 0 Å². The molecule has 0 saturated carbocycles. The molecule has 0 bridgehead atoms. The van der Waals surface area contributed by atoms with Gasteiger partial charge in [-0.1, -0.05) is 164 Å². The van der Waals surface area contributed by atoms with Crippen molar-refractivity contribution in [3.8, 4) is 56.0 Å². The van der Waals surface area contributed by atoms with Gasteiger partial charge in [-0.2, -0.15) is 0 Å². The first-order chi connectivity index (χ1) is 27.7. The van der Waals surface area contributed by atoms with Crippen LogP contribution in [0.1, 0.15) is 5.56 Å². The maximum atomic E-state index is 6.93. The van der Waals surface area contributed by atoms with E-state index in [0.717, 1.165) is 28.4 Å². The molecule has 0 atom stereocenters. The van der Waals surface area contributed by atoms with Crippen LogP contribution in [0, 0.1) is 6.92 Å². The predicted octanol–water partition coefficient (Wildman–Crippen LogP) is 12.2. The van der Waals surface area contributed by atoms with Crippen molar-refractivity contribution in [2.45, 2.75) is 6.92 Å². The highest BCUT2D eigenvalue weighted by Crippen LogP contribution is 2.47. The molecule has 2 heterocycles. The number of benzene rings is 9. The number of hydrogen-bond acceptors (Lipinski definition) is 2. The third-order valence-corrected chi connectivity index (χ3v) is 11.6. The molecule has 9 aromatic rings. The first-order valence-corrected chi connectivity index (χ1v) is 19.4. The van der Waals surface area contributed by atoms with E-state index in [-0.39, 0.29) is 6.71 Å². The second-order valence-corrected chi connectivity index (χ2v) is 14.9. The highest BCUT2D eigenvalue weighted by Gasteiger charge is 2.42. The van der Waals surface area contributed by atoms with Gasteiger partial charge < -0.3 is 9.64 Å². The van der Waals surface area contributed by atoms with Crippen molar-refractivity contribution < 1.29 is 4.74 Å². The van der Waals surface area contributed by atoms with E-state index in [4.69, 9.17) is 4.74 Å². The lowest BCUT2D eigenvalue weighted by Gasteiger charge is -2.41. The second-order valence-electron chi connectivity index (χ2n) is 14.9. The van der Waals surface area contributed by atoms with E-state index in [1.54, 1.807) is 0 Å². The van der Waals surface area contributed by atoms with Crippen LogP contribution in [0.4, 0.5) is 17.1 Å². The van der Waals surface area contributed by atoms with Crippen molar-refractivity contribution >= 4 is 50.9 Å². The highest BCUT2D eigenvalue weighted by atomic mass is 16.5. The van der Waals surface area contributed by atoms with Gasteiger partial charge in [-0.05, 0) is 115 Å². The van der Waals surface area contributed by atoms with Gasteiger partial charge in [-0.3, -0.25) is 0 Å². The molecule has 11 rings (SSSR count). The van der Waals surface area contributed by atoms with Crippen LogP contribution in [0.3, 0.4) is 0 Å². The van der Waals surface area contributed by atoms with Crippen LogP contribution in [0.5, 0.6) is 11.5 Å². The molecule has 9 aromatic carbocycles. The van der Waals surface area contributed by atoms with Crippen LogP contribution in [0.25, 0.3) is 55.3 Å². The first-order valence-electron chi connectivity index (χ1n) is 19.4. The Morgan fingerprint density at radius 3 is 1.66 bits per heavy atom. The molecule has 0 saturated heterocycles. The molecule has 56 heavy (non-hydrogen) atoms. The summed E-state index contributed by atoms with van der Waals surface area (Å²) in [5, 5.41) is 2.45. The Morgan fingerprint density at radius 1 is 0.393 bits per heavy atom. The largest absolute Gasteiger partial charge is 0.458 e. The minimum atomic E-state index is -0.0347. The topological polar surface area (TPSA) is 12.5 Å². The molecule has 2 nitrogen and oxygen atoms in total. The van der Waals surface area contributed by atoms with Crippen molar-refractivity contribution in [3.63, 3.8) is 0 Å². The summed E-state index contributed by atoms with van der Waals surface area (Å²) < 4.78 is 6.93. The van der Waals surface area contributed by atoms with Gasteiger partial charge in [-0.15, -0.1) is 0 Å². The van der Waals surface area contributed by atoms with Crippen LogP contribution in [0.15, 0.2) is 200 Å². The molecule has 0 aromatic heterocycles. The minimum absolute atomic E-state index is 0.0347. The Morgan fingerprint density at radius 2 is 0.964 bits per heavy atom. The van der Waals surface area contributed by atoms with E-state index < -0.39 is 0 Å². The lowest BCUT2D eigenvalue weighted by Crippen LogP contribution is -2.59. The number of aryl methyl sites for hydroxylation is 1. The summed E-state index contributed by atoms with van der Waals surface area (Å²) in [5.41, 5.74) is 17.8. The molecule has 3 heteroatoms. The second kappa shape index (κ2) is 13.0. The van der Waals surface area contributed by atoms with Gasteiger partial charge in [0.1, 0.15) is 11.5 Å². The zero-order valence-corrected chi connectivity index (χ0v) is 31.0. The van der Waals surface area contributed by atoms with Gasteiger partial charge in [0.25, 0.3) is 6.71 Å². The van der Waals surface area contributed by atoms with Gasteiger partial charge in [-0.25, -0.2) is 0 Å². The average molecular weight is 714 g/mol. The molecule has 0 N–H and O–H groups in total. The summed E-state index contributed by atoms with van der Waals surface area (Å²) in [6.07, 6.45) is 0. The smallest absolute Gasteiger partial charge is 0.256 e. The van der Waals surface area contributed by atoms with Crippen molar-refractivity contribution in [3.05, 3.63) is 206 Å². The van der Waals surface area contributed by atoms with E-state index in [9.17, 15) is 0 Å². The Hall–Kier alpha value is -7.10. The van der Waals surface area contributed by atoms with Crippen LogP contribution in [-0.4, -0.2) is 6.71 Å². The van der Waals surface area contributed by atoms with E-state index >= 15 is 0 Å². The maximum absolute atomic E-state index is 6.93. The third kappa shape index (κ3) is 5.27. The third-order valence-electron chi connectivity index (χ3n) is 11.6. The predicted molar refractivity (Wildman–Crippen MR) is 236 cm³/mol. The molecule has 262 valence electrons.